The van der Waals surface area contributed by atoms with E-state index in [0.717, 1.165) is 16.7 Å². The van der Waals surface area contributed by atoms with Crippen molar-refractivity contribution in [3.63, 3.8) is 0 Å². The Hall–Kier alpha value is -3.20. The molecule has 0 fully saturated rings. The molecular weight excluding hydrogens is 418 g/mol. The van der Waals surface area contributed by atoms with Gasteiger partial charge in [-0.2, -0.15) is 0 Å². The second kappa shape index (κ2) is 8.89. The molecule has 1 aliphatic rings. The first kappa shape index (κ1) is 22.5. The number of carbonyl (C=O) groups excluding carboxylic acids is 2. The van der Waals surface area contributed by atoms with Crippen LogP contribution in [0.1, 0.15) is 35.6 Å². The minimum Gasteiger partial charge on any atom is -0.452 e. The maximum absolute atomic E-state index is 12.4. The lowest BCUT2D eigenvalue weighted by Crippen LogP contribution is -2.30. The van der Waals surface area contributed by atoms with Gasteiger partial charge >= 0.3 is 5.97 Å². The lowest BCUT2D eigenvalue weighted by molar-refractivity contribution is -0.152. The number of esters is 1. The number of benzene rings is 2. The molecule has 0 radical (unpaired) electrons. The molecule has 2 aromatic rings. The van der Waals surface area contributed by atoms with Crippen molar-refractivity contribution in [2.24, 2.45) is 4.99 Å². The minimum atomic E-state index is -3.63. The largest absolute Gasteiger partial charge is 0.452 e. The molecule has 9 heteroatoms. The van der Waals surface area contributed by atoms with Crippen molar-refractivity contribution in [3.05, 3.63) is 58.7 Å². The highest BCUT2D eigenvalue weighted by Gasteiger charge is 2.30. The second-order valence-electron chi connectivity index (χ2n) is 7.48. The number of anilines is 1. The Labute approximate surface area is 181 Å². The number of hydrogen-bond donors (Lipinski definition) is 2. The number of hydrogen-bond acceptors (Lipinski definition) is 6. The summed E-state index contributed by atoms with van der Waals surface area (Å²) in [6.07, 6.45) is -1.07. The van der Waals surface area contributed by atoms with Crippen LogP contribution in [0.5, 0.6) is 0 Å². The van der Waals surface area contributed by atoms with Crippen molar-refractivity contribution in [1.82, 2.24) is 4.72 Å². The van der Waals surface area contributed by atoms with Gasteiger partial charge in [-0.15, -0.1) is 0 Å². The molecule has 1 amide bonds. The molecule has 0 saturated heterocycles. The fraction of sp³-hybridized carbons (Fsp3) is 0.318. The van der Waals surface area contributed by atoms with E-state index in [1.807, 2.05) is 32.9 Å². The van der Waals surface area contributed by atoms with E-state index in [9.17, 15) is 18.0 Å². The summed E-state index contributed by atoms with van der Waals surface area (Å²) < 4.78 is 31.7. The first-order valence-electron chi connectivity index (χ1n) is 9.83. The highest BCUT2D eigenvalue weighted by Crippen LogP contribution is 2.23. The average Bonchev–Trinajstić information content (AvgIpc) is 2.95. The number of rotatable bonds is 6. The van der Waals surface area contributed by atoms with Crippen molar-refractivity contribution in [1.29, 1.82) is 0 Å². The van der Waals surface area contributed by atoms with Gasteiger partial charge in [-0.05, 0) is 51.0 Å². The lowest BCUT2D eigenvalue weighted by atomic mass is 10.0. The highest BCUT2D eigenvalue weighted by molar-refractivity contribution is 7.90. The third-order valence-electron chi connectivity index (χ3n) is 4.85. The van der Waals surface area contributed by atoms with Crippen molar-refractivity contribution in [2.45, 2.75) is 45.1 Å². The number of amidine groups is 1. The van der Waals surface area contributed by atoms with Gasteiger partial charge in [0.05, 0.1) is 17.9 Å². The molecule has 0 bridgehead atoms. The number of sulfonamides is 1. The van der Waals surface area contributed by atoms with Crippen molar-refractivity contribution >= 4 is 33.4 Å². The van der Waals surface area contributed by atoms with E-state index in [-0.39, 0.29) is 23.7 Å². The molecule has 2 aromatic carbocycles. The summed E-state index contributed by atoms with van der Waals surface area (Å²) in [5.74, 6) is -0.829. The SMILES string of the molecule is Cc1cc(C)c(NC(=O)C(C)OC(=O)CCN=C2NS(=O)(=O)c3ccccc32)c(C)c1. The van der Waals surface area contributed by atoms with Crippen LogP contribution in [-0.2, 0) is 24.3 Å². The Bertz CT molecular complexity index is 1150. The monoisotopic (exact) mass is 443 g/mol. The number of nitrogens with zero attached hydrogens (tertiary/aromatic N) is 1. The van der Waals surface area contributed by atoms with E-state index >= 15 is 0 Å². The molecule has 0 aliphatic carbocycles. The fourth-order valence-corrected chi connectivity index (χ4v) is 4.67. The lowest BCUT2D eigenvalue weighted by Gasteiger charge is -2.16. The van der Waals surface area contributed by atoms with Gasteiger partial charge in [0.15, 0.2) is 6.10 Å². The van der Waals surface area contributed by atoms with Gasteiger partial charge in [0, 0.05) is 11.3 Å². The van der Waals surface area contributed by atoms with Gasteiger partial charge in [-0.1, -0.05) is 29.8 Å². The molecule has 0 spiro atoms. The predicted octanol–water partition coefficient (Wildman–Crippen LogP) is 2.61. The topological polar surface area (TPSA) is 114 Å². The number of fused-ring (bicyclic) bond motifs is 1. The molecule has 1 heterocycles. The smallest absolute Gasteiger partial charge is 0.308 e. The third kappa shape index (κ3) is 5.11. The van der Waals surface area contributed by atoms with Crippen molar-refractivity contribution < 1.29 is 22.7 Å². The molecule has 1 aliphatic heterocycles. The number of amides is 1. The first-order chi connectivity index (χ1) is 14.6. The Balaban J connectivity index is 1.56. The van der Waals surface area contributed by atoms with Gasteiger partial charge in [-0.25, -0.2) is 8.42 Å². The highest BCUT2D eigenvalue weighted by atomic mass is 32.2. The summed E-state index contributed by atoms with van der Waals surface area (Å²) in [7, 11) is -3.63. The zero-order chi connectivity index (χ0) is 22.8. The van der Waals surface area contributed by atoms with Crippen LogP contribution in [-0.4, -0.2) is 38.8 Å². The quantitative estimate of drug-likeness (QED) is 0.666. The zero-order valence-electron chi connectivity index (χ0n) is 17.9. The van der Waals surface area contributed by atoms with Gasteiger partial charge in [-0.3, -0.25) is 19.3 Å². The second-order valence-corrected chi connectivity index (χ2v) is 9.13. The van der Waals surface area contributed by atoms with E-state index in [2.05, 4.69) is 15.0 Å². The predicted molar refractivity (Wildman–Crippen MR) is 118 cm³/mol. The molecule has 1 unspecified atom stereocenters. The van der Waals surface area contributed by atoms with E-state index in [1.165, 1.54) is 13.0 Å². The van der Waals surface area contributed by atoms with Crippen LogP contribution in [0.4, 0.5) is 5.69 Å². The summed E-state index contributed by atoms with van der Waals surface area (Å²) in [5, 5.41) is 2.81. The van der Waals surface area contributed by atoms with E-state index in [0.29, 0.717) is 11.3 Å². The van der Waals surface area contributed by atoms with E-state index in [1.54, 1.807) is 18.2 Å². The molecular formula is C22H25N3O5S. The summed E-state index contributed by atoms with van der Waals surface area (Å²) in [5.41, 5.74) is 4.13. The minimum absolute atomic E-state index is 0.0234. The summed E-state index contributed by atoms with van der Waals surface area (Å²) in [4.78, 5) is 28.9. The van der Waals surface area contributed by atoms with Gasteiger partial charge in [0.2, 0.25) is 0 Å². The maximum Gasteiger partial charge on any atom is 0.308 e. The van der Waals surface area contributed by atoms with E-state index < -0.39 is 28.0 Å². The molecule has 2 N–H and O–H groups in total. The van der Waals surface area contributed by atoms with E-state index in [4.69, 9.17) is 4.74 Å². The molecule has 164 valence electrons. The number of aliphatic imine (C=N–C) groups is 1. The van der Waals surface area contributed by atoms with Crippen molar-refractivity contribution in [2.75, 3.05) is 11.9 Å². The number of aryl methyl sites for hydroxylation is 3. The fourth-order valence-electron chi connectivity index (χ4n) is 3.42. The van der Waals surface area contributed by atoms with Crippen LogP contribution in [0, 0.1) is 20.8 Å². The van der Waals surface area contributed by atoms with Gasteiger partial charge in [0.25, 0.3) is 15.9 Å². The van der Waals surface area contributed by atoms with Crippen LogP contribution < -0.4 is 10.0 Å². The zero-order valence-corrected chi connectivity index (χ0v) is 18.7. The van der Waals surface area contributed by atoms with Crippen LogP contribution in [0.25, 0.3) is 0 Å². The number of nitrogens with one attached hydrogen (secondary N) is 2. The third-order valence-corrected chi connectivity index (χ3v) is 6.25. The standard InChI is InChI=1S/C22H25N3O5S/c1-13-11-14(2)20(15(3)12-13)24-22(27)16(4)30-19(26)9-10-23-21-17-7-5-6-8-18(17)31(28,29)25-21/h5-8,11-12,16H,9-10H2,1-4H3,(H,23,25)(H,24,27). The Morgan fingerprint density at radius 3 is 2.45 bits per heavy atom. The summed E-state index contributed by atoms with van der Waals surface area (Å²) in [6, 6.07) is 10.4. The van der Waals surface area contributed by atoms with Crippen LogP contribution in [0.3, 0.4) is 0 Å². The Morgan fingerprint density at radius 2 is 1.77 bits per heavy atom. The molecule has 1 atom stereocenters. The Morgan fingerprint density at radius 1 is 1.13 bits per heavy atom. The molecule has 31 heavy (non-hydrogen) atoms. The molecule has 0 saturated carbocycles. The Kier molecular flexibility index (Phi) is 6.45. The van der Waals surface area contributed by atoms with Crippen LogP contribution >= 0.6 is 0 Å². The summed E-state index contributed by atoms with van der Waals surface area (Å²) >= 11 is 0. The first-order valence-corrected chi connectivity index (χ1v) is 11.3. The molecule has 0 aromatic heterocycles. The number of ether oxygens (including phenoxy) is 1. The summed E-state index contributed by atoms with van der Waals surface area (Å²) in [6.45, 7) is 7.31. The molecule has 8 nitrogen and oxygen atoms in total. The average molecular weight is 444 g/mol. The van der Waals surface area contributed by atoms with Crippen LogP contribution in [0.15, 0.2) is 46.3 Å². The molecule has 3 rings (SSSR count). The normalized spacial score (nSPS) is 16.3. The van der Waals surface area contributed by atoms with Gasteiger partial charge in [0.1, 0.15) is 5.84 Å². The maximum atomic E-state index is 12.4. The number of carbonyl (C=O) groups is 2. The van der Waals surface area contributed by atoms with Crippen LogP contribution in [0.2, 0.25) is 0 Å². The van der Waals surface area contributed by atoms with Gasteiger partial charge < -0.3 is 10.1 Å². The van der Waals surface area contributed by atoms with Crippen molar-refractivity contribution in [3.8, 4) is 0 Å².